The molecule has 0 aliphatic rings. The van der Waals surface area contributed by atoms with Crippen molar-refractivity contribution in [3.8, 4) is 6.07 Å². The van der Waals surface area contributed by atoms with Gasteiger partial charge in [0.2, 0.25) is 0 Å². The Hall–Kier alpha value is -1.12. The first-order chi connectivity index (χ1) is 9.06. The van der Waals surface area contributed by atoms with E-state index in [2.05, 4.69) is 22.9 Å². The van der Waals surface area contributed by atoms with Gasteiger partial charge in [-0.25, -0.2) is 4.39 Å². The normalized spacial score (nSPS) is 12.0. The van der Waals surface area contributed by atoms with Gasteiger partial charge < -0.3 is 9.64 Å². The molecule has 0 aliphatic carbocycles. The SMILES string of the molecule is CCC(C)N(CCOC)c1ccc(C#N)c(Br)c1F. The van der Waals surface area contributed by atoms with Crippen LogP contribution in [-0.2, 0) is 4.74 Å². The first-order valence-electron chi connectivity index (χ1n) is 6.20. The number of nitrogens with zero attached hydrogens (tertiary/aromatic N) is 2. The molecule has 1 atom stereocenters. The molecule has 0 saturated carbocycles. The van der Waals surface area contributed by atoms with Crippen molar-refractivity contribution in [2.45, 2.75) is 26.3 Å². The molecule has 19 heavy (non-hydrogen) atoms. The average molecular weight is 329 g/mol. The van der Waals surface area contributed by atoms with Crippen molar-refractivity contribution in [1.29, 1.82) is 5.26 Å². The van der Waals surface area contributed by atoms with Gasteiger partial charge in [-0.1, -0.05) is 6.92 Å². The molecule has 1 rings (SSSR count). The van der Waals surface area contributed by atoms with Crippen LogP contribution in [0.3, 0.4) is 0 Å². The van der Waals surface area contributed by atoms with Crippen molar-refractivity contribution in [2.24, 2.45) is 0 Å². The van der Waals surface area contributed by atoms with E-state index in [1.807, 2.05) is 17.9 Å². The number of ether oxygens (including phenoxy) is 1. The minimum absolute atomic E-state index is 0.199. The molecule has 0 heterocycles. The monoisotopic (exact) mass is 328 g/mol. The van der Waals surface area contributed by atoms with Crippen LogP contribution in [0, 0.1) is 17.1 Å². The predicted molar refractivity (Wildman–Crippen MR) is 77.8 cm³/mol. The van der Waals surface area contributed by atoms with Crippen LogP contribution in [0.4, 0.5) is 10.1 Å². The molecule has 1 unspecified atom stereocenters. The highest BCUT2D eigenvalue weighted by atomic mass is 79.9. The lowest BCUT2D eigenvalue weighted by Crippen LogP contribution is -2.36. The third kappa shape index (κ3) is 3.68. The summed E-state index contributed by atoms with van der Waals surface area (Å²) in [5.74, 6) is -0.393. The molecule has 1 aromatic carbocycles. The molecule has 0 aromatic heterocycles. The predicted octanol–water partition coefficient (Wildman–Crippen LogP) is 3.71. The lowest BCUT2D eigenvalue weighted by atomic mass is 10.1. The number of hydrogen-bond acceptors (Lipinski definition) is 3. The number of hydrogen-bond donors (Lipinski definition) is 0. The third-order valence-corrected chi connectivity index (χ3v) is 3.93. The van der Waals surface area contributed by atoms with E-state index in [0.29, 0.717) is 24.4 Å². The highest BCUT2D eigenvalue weighted by Gasteiger charge is 2.19. The summed E-state index contributed by atoms with van der Waals surface area (Å²) in [6.07, 6.45) is 0.904. The van der Waals surface area contributed by atoms with Gasteiger partial charge in [0.05, 0.1) is 22.3 Å². The first kappa shape index (κ1) is 15.9. The maximum Gasteiger partial charge on any atom is 0.161 e. The van der Waals surface area contributed by atoms with Crippen LogP contribution in [0.1, 0.15) is 25.8 Å². The molecule has 0 fully saturated rings. The standard InChI is InChI=1S/C14H18BrFN2O/c1-4-10(2)18(7-8-19-3)12-6-5-11(9-17)13(15)14(12)16/h5-6,10H,4,7-8H2,1-3H3. The minimum atomic E-state index is -0.393. The van der Waals surface area contributed by atoms with Gasteiger partial charge in [-0.3, -0.25) is 0 Å². The molecule has 0 aliphatic heterocycles. The Kier molecular flexibility index (Phi) is 6.26. The minimum Gasteiger partial charge on any atom is -0.383 e. The molecule has 0 spiro atoms. The quantitative estimate of drug-likeness (QED) is 0.798. The van der Waals surface area contributed by atoms with Crippen LogP contribution >= 0.6 is 15.9 Å². The summed E-state index contributed by atoms with van der Waals surface area (Å²) in [5.41, 5.74) is 0.800. The second kappa shape index (κ2) is 7.46. The highest BCUT2D eigenvalue weighted by Crippen LogP contribution is 2.30. The van der Waals surface area contributed by atoms with E-state index < -0.39 is 5.82 Å². The van der Waals surface area contributed by atoms with Crippen molar-refractivity contribution in [3.63, 3.8) is 0 Å². The fraction of sp³-hybridized carbons (Fsp3) is 0.500. The summed E-state index contributed by atoms with van der Waals surface area (Å²) in [6, 6.07) is 5.44. The average Bonchev–Trinajstić information content (AvgIpc) is 2.43. The van der Waals surface area contributed by atoms with Gasteiger partial charge in [-0.2, -0.15) is 5.26 Å². The van der Waals surface area contributed by atoms with E-state index in [1.165, 1.54) is 0 Å². The summed E-state index contributed by atoms with van der Waals surface area (Å²) >= 11 is 3.14. The van der Waals surface area contributed by atoms with Gasteiger partial charge in [0.1, 0.15) is 6.07 Å². The van der Waals surface area contributed by atoms with E-state index >= 15 is 0 Å². The number of benzene rings is 1. The third-order valence-electron chi connectivity index (χ3n) is 3.15. The van der Waals surface area contributed by atoms with Gasteiger partial charge in [-0.05, 0) is 41.4 Å². The zero-order chi connectivity index (χ0) is 14.4. The van der Waals surface area contributed by atoms with E-state index in [0.717, 1.165) is 6.42 Å². The van der Waals surface area contributed by atoms with Gasteiger partial charge in [0.15, 0.2) is 5.82 Å². The van der Waals surface area contributed by atoms with Gasteiger partial charge in [0, 0.05) is 19.7 Å². The fourth-order valence-corrected chi connectivity index (χ4v) is 2.26. The molecular weight excluding hydrogens is 311 g/mol. The Morgan fingerprint density at radius 3 is 2.74 bits per heavy atom. The molecule has 0 amide bonds. The Morgan fingerprint density at radius 1 is 1.53 bits per heavy atom. The summed E-state index contributed by atoms with van der Waals surface area (Å²) in [4.78, 5) is 1.96. The molecule has 0 radical (unpaired) electrons. The second-order valence-corrected chi connectivity index (χ2v) is 5.11. The Bertz CT molecular complexity index is 473. The molecule has 3 nitrogen and oxygen atoms in total. The Morgan fingerprint density at radius 2 is 2.21 bits per heavy atom. The number of rotatable bonds is 6. The van der Waals surface area contributed by atoms with Gasteiger partial charge in [0.25, 0.3) is 0 Å². The molecular formula is C14H18BrFN2O. The topological polar surface area (TPSA) is 36.3 Å². The smallest absolute Gasteiger partial charge is 0.161 e. The number of methoxy groups -OCH3 is 1. The highest BCUT2D eigenvalue weighted by molar-refractivity contribution is 9.10. The van der Waals surface area contributed by atoms with E-state index in [9.17, 15) is 4.39 Å². The number of halogens is 2. The Balaban J connectivity index is 3.16. The maximum absolute atomic E-state index is 14.3. The van der Waals surface area contributed by atoms with Crippen molar-refractivity contribution in [1.82, 2.24) is 0 Å². The van der Waals surface area contributed by atoms with E-state index in [-0.39, 0.29) is 10.5 Å². The lowest BCUT2D eigenvalue weighted by molar-refractivity contribution is 0.203. The summed E-state index contributed by atoms with van der Waals surface area (Å²) in [6.45, 7) is 5.24. The van der Waals surface area contributed by atoms with Crippen LogP contribution in [0.2, 0.25) is 0 Å². The second-order valence-electron chi connectivity index (χ2n) is 4.32. The van der Waals surface area contributed by atoms with Crippen LogP contribution in [0.5, 0.6) is 0 Å². The van der Waals surface area contributed by atoms with Crippen molar-refractivity contribution < 1.29 is 9.13 Å². The fourth-order valence-electron chi connectivity index (χ4n) is 1.84. The molecule has 0 N–H and O–H groups in total. The van der Waals surface area contributed by atoms with Crippen molar-refractivity contribution in [3.05, 3.63) is 28.0 Å². The van der Waals surface area contributed by atoms with E-state index in [4.69, 9.17) is 10.00 Å². The van der Waals surface area contributed by atoms with Crippen LogP contribution < -0.4 is 4.90 Å². The van der Waals surface area contributed by atoms with E-state index in [1.54, 1.807) is 19.2 Å². The molecule has 1 aromatic rings. The maximum atomic E-state index is 14.3. The van der Waals surface area contributed by atoms with Gasteiger partial charge >= 0.3 is 0 Å². The van der Waals surface area contributed by atoms with Crippen LogP contribution in [0.25, 0.3) is 0 Å². The van der Waals surface area contributed by atoms with Crippen molar-refractivity contribution >= 4 is 21.6 Å². The number of anilines is 1. The molecule has 0 bridgehead atoms. The zero-order valence-corrected chi connectivity index (χ0v) is 13.0. The number of nitriles is 1. The van der Waals surface area contributed by atoms with Crippen LogP contribution in [0.15, 0.2) is 16.6 Å². The first-order valence-corrected chi connectivity index (χ1v) is 6.99. The lowest BCUT2D eigenvalue weighted by Gasteiger charge is -2.31. The van der Waals surface area contributed by atoms with Crippen molar-refractivity contribution in [2.75, 3.05) is 25.2 Å². The zero-order valence-electron chi connectivity index (χ0n) is 11.4. The molecule has 0 saturated heterocycles. The largest absolute Gasteiger partial charge is 0.383 e. The molecule has 5 heteroatoms. The summed E-state index contributed by atoms with van der Waals surface area (Å²) in [5, 5.41) is 8.89. The summed E-state index contributed by atoms with van der Waals surface area (Å²) < 4.78 is 19.6. The summed E-state index contributed by atoms with van der Waals surface area (Å²) in [7, 11) is 1.62. The van der Waals surface area contributed by atoms with Crippen LogP contribution in [-0.4, -0.2) is 26.3 Å². The Labute approximate surface area is 122 Å². The molecule has 104 valence electrons. The van der Waals surface area contributed by atoms with Gasteiger partial charge in [-0.15, -0.1) is 0 Å².